The molecule has 0 saturated carbocycles. The largest absolute Gasteiger partial charge is 0.493 e. The molecule has 124 valence electrons. The molecule has 0 bridgehead atoms. The normalized spacial score (nSPS) is 18.8. The number of piperidine rings is 1. The third-order valence-electron chi connectivity index (χ3n) is 4.34. The van der Waals surface area contributed by atoms with Crippen molar-refractivity contribution in [2.24, 2.45) is 0 Å². The number of nitrogens with zero attached hydrogens (tertiary/aromatic N) is 5. The van der Waals surface area contributed by atoms with Gasteiger partial charge in [-0.3, -0.25) is 14.6 Å². The predicted octanol–water partition coefficient (Wildman–Crippen LogP) is 1.74. The fourth-order valence-corrected chi connectivity index (χ4v) is 3.18. The van der Waals surface area contributed by atoms with Crippen LogP contribution in [0.15, 0.2) is 24.7 Å². The van der Waals surface area contributed by atoms with Crippen LogP contribution in [0, 0.1) is 0 Å². The Hall–Kier alpha value is -2.15. The lowest BCUT2D eigenvalue weighted by atomic mass is 10.0. The Bertz CT molecular complexity index is 617. The summed E-state index contributed by atoms with van der Waals surface area (Å²) in [5.41, 5.74) is 0.914. The van der Waals surface area contributed by atoms with E-state index >= 15 is 0 Å². The van der Waals surface area contributed by atoms with Crippen LogP contribution in [0.25, 0.3) is 0 Å². The van der Waals surface area contributed by atoms with Crippen LogP contribution in [0.4, 0.5) is 0 Å². The van der Waals surface area contributed by atoms with Gasteiger partial charge >= 0.3 is 0 Å². The number of methoxy groups -OCH3 is 2. The van der Waals surface area contributed by atoms with Gasteiger partial charge in [-0.2, -0.15) is 0 Å². The zero-order chi connectivity index (χ0) is 16.1. The van der Waals surface area contributed by atoms with Crippen LogP contribution in [0.2, 0.25) is 0 Å². The van der Waals surface area contributed by atoms with Gasteiger partial charge in [0.05, 0.1) is 27.0 Å². The average Bonchev–Trinajstić information content (AvgIpc) is 3.09. The molecular weight excluding hydrogens is 294 g/mol. The van der Waals surface area contributed by atoms with E-state index in [9.17, 15) is 0 Å². The van der Waals surface area contributed by atoms with E-state index in [1.165, 1.54) is 12.8 Å². The number of hydrogen-bond acceptors (Lipinski definition) is 6. The van der Waals surface area contributed by atoms with Gasteiger partial charge in [0.1, 0.15) is 5.69 Å². The van der Waals surface area contributed by atoms with E-state index in [4.69, 9.17) is 9.47 Å². The SMILES string of the molecule is COc1ccnc(CN2CCCC[C@@H]2Cn2ccnn2)c1OC. The molecule has 0 N–H and O–H groups in total. The standard InChI is InChI=1S/C16H23N5O2/c1-22-15-6-7-17-14(16(15)23-2)12-20-9-4-3-5-13(20)11-21-10-8-18-19-21/h6-8,10,13H,3-5,9,11-12H2,1-2H3/t13-/m1/s1. The van der Waals surface area contributed by atoms with Gasteiger partial charge in [0.2, 0.25) is 0 Å². The molecule has 2 aromatic rings. The van der Waals surface area contributed by atoms with Crippen LogP contribution in [0.5, 0.6) is 11.5 Å². The molecule has 2 aromatic heterocycles. The Morgan fingerprint density at radius 2 is 2.13 bits per heavy atom. The Morgan fingerprint density at radius 3 is 2.87 bits per heavy atom. The number of aromatic nitrogens is 4. The first kappa shape index (κ1) is 15.7. The van der Waals surface area contributed by atoms with Crippen molar-refractivity contribution in [1.29, 1.82) is 0 Å². The molecule has 1 atom stereocenters. The van der Waals surface area contributed by atoms with E-state index < -0.39 is 0 Å². The topological polar surface area (TPSA) is 65.3 Å². The Kier molecular flexibility index (Phi) is 5.07. The van der Waals surface area contributed by atoms with E-state index in [-0.39, 0.29) is 0 Å². The van der Waals surface area contributed by atoms with Crippen molar-refractivity contribution in [3.05, 3.63) is 30.4 Å². The van der Waals surface area contributed by atoms with E-state index in [1.807, 2.05) is 16.9 Å². The Balaban J connectivity index is 1.76. The summed E-state index contributed by atoms with van der Waals surface area (Å²) in [5, 5.41) is 7.98. The van der Waals surface area contributed by atoms with Crippen LogP contribution in [-0.4, -0.2) is 51.7 Å². The first-order chi connectivity index (χ1) is 11.3. The van der Waals surface area contributed by atoms with Crippen molar-refractivity contribution in [2.45, 2.75) is 38.4 Å². The highest BCUT2D eigenvalue weighted by Crippen LogP contribution is 2.31. The van der Waals surface area contributed by atoms with Crippen molar-refractivity contribution < 1.29 is 9.47 Å². The summed E-state index contributed by atoms with van der Waals surface area (Å²) in [4.78, 5) is 6.96. The Labute approximate surface area is 136 Å². The van der Waals surface area contributed by atoms with Crippen LogP contribution < -0.4 is 9.47 Å². The summed E-state index contributed by atoms with van der Waals surface area (Å²) in [6, 6.07) is 2.26. The van der Waals surface area contributed by atoms with Crippen LogP contribution in [-0.2, 0) is 13.1 Å². The number of likely N-dealkylation sites (tertiary alicyclic amines) is 1. The van der Waals surface area contributed by atoms with Crippen molar-refractivity contribution in [3.8, 4) is 11.5 Å². The second-order valence-electron chi connectivity index (χ2n) is 5.74. The molecule has 1 fully saturated rings. The fraction of sp³-hybridized carbons (Fsp3) is 0.562. The van der Waals surface area contributed by atoms with Crippen molar-refractivity contribution in [1.82, 2.24) is 24.9 Å². The summed E-state index contributed by atoms with van der Waals surface area (Å²) >= 11 is 0. The molecular formula is C16H23N5O2. The third-order valence-corrected chi connectivity index (χ3v) is 4.34. The van der Waals surface area contributed by atoms with Gasteiger partial charge in [-0.25, -0.2) is 0 Å². The average molecular weight is 317 g/mol. The molecule has 0 spiro atoms. The zero-order valence-corrected chi connectivity index (χ0v) is 13.7. The summed E-state index contributed by atoms with van der Waals surface area (Å²) in [6.07, 6.45) is 9.02. The molecule has 0 aromatic carbocycles. The highest BCUT2D eigenvalue weighted by molar-refractivity contribution is 5.42. The third kappa shape index (κ3) is 3.61. The van der Waals surface area contributed by atoms with Crippen LogP contribution in [0.3, 0.4) is 0 Å². The highest BCUT2D eigenvalue weighted by Gasteiger charge is 2.25. The molecule has 0 unspecified atom stereocenters. The first-order valence-electron chi connectivity index (χ1n) is 7.96. The maximum absolute atomic E-state index is 5.51. The fourth-order valence-electron chi connectivity index (χ4n) is 3.18. The minimum absolute atomic E-state index is 0.433. The van der Waals surface area contributed by atoms with Gasteiger partial charge in [0.25, 0.3) is 0 Å². The molecule has 0 amide bonds. The number of ether oxygens (including phenoxy) is 2. The summed E-state index contributed by atoms with van der Waals surface area (Å²) < 4.78 is 12.8. The molecule has 7 heteroatoms. The summed E-state index contributed by atoms with van der Waals surface area (Å²) in [5.74, 6) is 1.45. The molecule has 1 aliphatic heterocycles. The predicted molar refractivity (Wildman–Crippen MR) is 85.4 cm³/mol. The molecule has 0 radical (unpaired) electrons. The molecule has 1 saturated heterocycles. The summed E-state index contributed by atoms with van der Waals surface area (Å²) in [7, 11) is 3.31. The summed E-state index contributed by atoms with van der Waals surface area (Å²) in [6.45, 7) is 2.66. The maximum atomic E-state index is 5.51. The van der Waals surface area contributed by atoms with Gasteiger partial charge in [-0.1, -0.05) is 11.6 Å². The van der Waals surface area contributed by atoms with Crippen LogP contribution >= 0.6 is 0 Å². The Morgan fingerprint density at radius 1 is 1.22 bits per heavy atom. The van der Waals surface area contributed by atoms with Gasteiger partial charge in [0.15, 0.2) is 11.5 Å². The molecule has 3 rings (SSSR count). The quantitative estimate of drug-likeness (QED) is 0.808. The van der Waals surface area contributed by atoms with Crippen molar-refractivity contribution in [3.63, 3.8) is 0 Å². The number of hydrogen-bond donors (Lipinski definition) is 0. The lowest BCUT2D eigenvalue weighted by Gasteiger charge is -2.35. The molecule has 1 aliphatic rings. The lowest BCUT2D eigenvalue weighted by molar-refractivity contribution is 0.118. The van der Waals surface area contributed by atoms with E-state index in [2.05, 4.69) is 20.2 Å². The minimum Gasteiger partial charge on any atom is -0.493 e. The lowest BCUT2D eigenvalue weighted by Crippen LogP contribution is -2.41. The second-order valence-corrected chi connectivity index (χ2v) is 5.74. The maximum Gasteiger partial charge on any atom is 0.183 e. The minimum atomic E-state index is 0.433. The molecule has 7 nitrogen and oxygen atoms in total. The van der Waals surface area contributed by atoms with E-state index in [1.54, 1.807) is 26.6 Å². The van der Waals surface area contributed by atoms with E-state index in [0.29, 0.717) is 6.04 Å². The first-order valence-corrected chi connectivity index (χ1v) is 7.96. The van der Waals surface area contributed by atoms with Gasteiger partial charge in [-0.05, 0) is 19.4 Å². The monoisotopic (exact) mass is 317 g/mol. The van der Waals surface area contributed by atoms with E-state index in [0.717, 1.165) is 43.2 Å². The van der Waals surface area contributed by atoms with Crippen molar-refractivity contribution in [2.75, 3.05) is 20.8 Å². The molecule has 23 heavy (non-hydrogen) atoms. The molecule has 3 heterocycles. The zero-order valence-electron chi connectivity index (χ0n) is 13.7. The van der Waals surface area contributed by atoms with Crippen LogP contribution in [0.1, 0.15) is 25.0 Å². The van der Waals surface area contributed by atoms with Crippen molar-refractivity contribution >= 4 is 0 Å². The molecule has 0 aliphatic carbocycles. The van der Waals surface area contributed by atoms with Gasteiger partial charge < -0.3 is 9.47 Å². The van der Waals surface area contributed by atoms with Gasteiger partial charge in [0, 0.05) is 31.0 Å². The smallest absolute Gasteiger partial charge is 0.183 e. The second kappa shape index (κ2) is 7.41. The number of pyridine rings is 1. The van der Waals surface area contributed by atoms with Gasteiger partial charge in [-0.15, -0.1) is 5.10 Å². The highest BCUT2D eigenvalue weighted by atomic mass is 16.5. The number of rotatable bonds is 6.